The van der Waals surface area contributed by atoms with Gasteiger partial charge in [0.2, 0.25) is 5.91 Å². The SMILES string of the molecule is CCOc1cc(/C=C/C(=O)N(C)Cc2ccccc2F)cc(Cl)c1OC. The number of likely N-dealkylation sites (N-methyl/N-ethyl adjacent to an activating group) is 1. The first-order valence-electron chi connectivity index (χ1n) is 8.13. The van der Waals surface area contributed by atoms with Crippen molar-refractivity contribution in [2.75, 3.05) is 20.8 Å². The number of ether oxygens (including phenoxy) is 2. The molecule has 0 aliphatic rings. The molecule has 0 unspecified atom stereocenters. The van der Waals surface area contributed by atoms with E-state index >= 15 is 0 Å². The van der Waals surface area contributed by atoms with Crippen molar-refractivity contribution < 1.29 is 18.7 Å². The lowest BCUT2D eigenvalue weighted by molar-refractivity contribution is -0.125. The third-order valence-corrected chi connectivity index (χ3v) is 3.98. The Bertz CT molecular complexity index is 808. The van der Waals surface area contributed by atoms with Gasteiger partial charge in [0.05, 0.1) is 18.7 Å². The molecule has 0 atom stereocenters. The topological polar surface area (TPSA) is 38.8 Å². The highest BCUT2D eigenvalue weighted by molar-refractivity contribution is 6.32. The van der Waals surface area contributed by atoms with Gasteiger partial charge in [-0.15, -0.1) is 0 Å². The Balaban J connectivity index is 2.13. The lowest BCUT2D eigenvalue weighted by Crippen LogP contribution is -2.24. The van der Waals surface area contributed by atoms with Gasteiger partial charge in [-0.2, -0.15) is 0 Å². The van der Waals surface area contributed by atoms with E-state index in [1.165, 1.54) is 24.2 Å². The smallest absolute Gasteiger partial charge is 0.246 e. The molecule has 138 valence electrons. The summed E-state index contributed by atoms with van der Waals surface area (Å²) in [5.74, 6) is 0.376. The molecule has 0 aliphatic heterocycles. The van der Waals surface area contributed by atoms with Gasteiger partial charge in [0.1, 0.15) is 5.82 Å². The molecule has 6 heteroatoms. The quantitative estimate of drug-likeness (QED) is 0.664. The van der Waals surface area contributed by atoms with E-state index in [-0.39, 0.29) is 18.3 Å². The summed E-state index contributed by atoms with van der Waals surface area (Å²) in [5.41, 5.74) is 1.16. The Labute approximate surface area is 157 Å². The van der Waals surface area contributed by atoms with Crippen LogP contribution in [0.4, 0.5) is 4.39 Å². The highest BCUT2D eigenvalue weighted by Gasteiger charge is 2.12. The van der Waals surface area contributed by atoms with Gasteiger partial charge in [0.25, 0.3) is 0 Å². The van der Waals surface area contributed by atoms with Gasteiger partial charge in [-0.25, -0.2) is 4.39 Å². The van der Waals surface area contributed by atoms with Crippen LogP contribution in [0.1, 0.15) is 18.1 Å². The largest absolute Gasteiger partial charge is 0.491 e. The van der Waals surface area contributed by atoms with E-state index in [4.69, 9.17) is 21.1 Å². The summed E-state index contributed by atoms with van der Waals surface area (Å²) in [6, 6.07) is 9.81. The predicted molar refractivity (Wildman–Crippen MR) is 101 cm³/mol. The maximum atomic E-state index is 13.7. The standard InChI is InChI=1S/C20H21ClFNO3/c1-4-26-18-12-14(11-16(21)20(18)25-3)9-10-19(24)23(2)13-15-7-5-6-8-17(15)22/h5-12H,4,13H2,1-3H3/b10-9+. The van der Waals surface area contributed by atoms with Crippen LogP contribution in [0.2, 0.25) is 5.02 Å². The molecule has 0 aliphatic carbocycles. The van der Waals surface area contributed by atoms with E-state index in [1.54, 1.807) is 43.5 Å². The average Bonchev–Trinajstić information content (AvgIpc) is 2.61. The summed E-state index contributed by atoms with van der Waals surface area (Å²) < 4.78 is 24.4. The molecule has 1 amide bonds. The van der Waals surface area contributed by atoms with Crippen molar-refractivity contribution in [2.24, 2.45) is 0 Å². The van der Waals surface area contributed by atoms with Gasteiger partial charge in [-0.1, -0.05) is 29.8 Å². The number of nitrogens with zero attached hydrogens (tertiary/aromatic N) is 1. The molecule has 2 aromatic rings. The fourth-order valence-corrected chi connectivity index (χ4v) is 2.70. The molecule has 0 heterocycles. The van der Waals surface area contributed by atoms with Crippen molar-refractivity contribution in [3.05, 3.63) is 64.4 Å². The van der Waals surface area contributed by atoms with Crippen molar-refractivity contribution >= 4 is 23.6 Å². The predicted octanol–water partition coefficient (Wildman–Crippen LogP) is 4.56. The minimum atomic E-state index is -0.334. The summed E-state index contributed by atoms with van der Waals surface area (Å²) in [4.78, 5) is 13.7. The summed E-state index contributed by atoms with van der Waals surface area (Å²) in [6.45, 7) is 2.50. The van der Waals surface area contributed by atoms with Crippen molar-refractivity contribution in [3.8, 4) is 11.5 Å². The van der Waals surface area contributed by atoms with Gasteiger partial charge >= 0.3 is 0 Å². The molecule has 26 heavy (non-hydrogen) atoms. The summed E-state index contributed by atoms with van der Waals surface area (Å²) >= 11 is 6.20. The van der Waals surface area contributed by atoms with E-state index in [0.29, 0.717) is 34.3 Å². The van der Waals surface area contributed by atoms with Crippen molar-refractivity contribution in [2.45, 2.75) is 13.5 Å². The Morgan fingerprint density at radius 2 is 2.04 bits per heavy atom. The number of halogens is 2. The van der Waals surface area contributed by atoms with Gasteiger partial charge in [0, 0.05) is 25.2 Å². The zero-order valence-corrected chi connectivity index (χ0v) is 15.7. The van der Waals surface area contributed by atoms with Gasteiger partial charge in [0.15, 0.2) is 11.5 Å². The van der Waals surface area contributed by atoms with Crippen LogP contribution in [-0.4, -0.2) is 31.6 Å². The van der Waals surface area contributed by atoms with Crippen LogP contribution in [0.5, 0.6) is 11.5 Å². The normalized spacial score (nSPS) is 10.8. The molecule has 0 N–H and O–H groups in total. The average molecular weight is 378 g/mol. The van der Waals surface area contributed by atoms with Crippen molar-refractivity contribution in [3.63, 3.8) is 0 Å². The lowest BCUT2D eigenvalue weighted by atomic mass is 10.1. The first-order chi connectivity index (χ1) is 12.5. The molecule has 0 radical (unpaired) electrons. The first kappa shape index (κ1) is 19.8. The second-order valence-corrected chi connectivity index (χ2v) is 5.99. The van der Waals surface area contributed by atoms with E-state index < -0.39 is 0 Å². The molecular weight excluding hydrogens is 357 g/mol. The van der Waals surface area contributed by atoms with Gasteiger partial charge in [-0.3, -0.25) is 4.79 Å². The lowest BCUT2D eigenvalue weighted by Gasteiger charge is -2.15. The Morgan fingerprint density at radius 3 is 2.69 bits per heavy atom. The maximum absolute atomic E-state index is 13.7. The van der Waals surface area contributed by atoms with Crippen LogP contribution in [0.3, 0.4) is 0 Å². The minimum absolute atomic E-state index is 0.184. The Morgan fingerprint density at radius 1 is 1.31 bits per heavy atom. The monoisotopic (exact) mass is 377 g/mol. The van der Waals surface area contributed by atoms with Crippen LogP contribution >= 0.6 is 11.6 Å². The molecule has 0 aromatic heterocycles. The minimum Gasteiger partial charge on any atom is -0.491 e. The van der Waals surface area contributed by atoms with E-state index in [0.717, 1.165) is 0 Å². The maximum Gasteiger partial charge on any atom is 0.246 e. The van der Waals surface area contributed by atoms with Crippen molar-refractivity contribution in [1.82, 2.24) is 4.90 Å². The third kappa shape index (κ3) is 4.99. The molecule has 0 fully saturated rings. The van der Waals surface area contributed by atoms with E-state index in [2.05, 4.69) is 0 Å². The fourth-order valence-electron chi connectivity index (χ4n) is 2.40. The zero-order chi connectivity index (χ0) is 19.1. The van der Waals surface area contributed by atoms with Crippen LogP contribution in [0.15, 0.2) is 42.5 Å². The van der Waals surface area contributed by atoms with Crippen LogP contribution < -0.4 is 9.47 Å². The number of amides is 1. The number of hydrogen-bond donors (Lipinski definition) is 0. The van der Waals surface area contributed by atoms with Gasteiger partial charge in [-0.05, 0) is 36.8 Å². The summed E-state index contributed by atoms with van der Waals surface area (Å²) in [5, 5.41) is 0.394. The second-order valence-electron chi connectivity index (χ2n) is 5.59. The number of rotatable bonds is 7. The number of hydrogen-bond acceptors (Lipinski definition) is 3. The molecule has 0 bridgehead atoms. The summed E-state index contributed by atoms with van der Waals surface area (Å²) in [7, 11) is 3.13. The Kier molecular flexibility index (Phi) is 7.04. The van der Waals surface area contributed by atoms with Gasteiger partial charge < -0.3 is 14.4 Å². The molecule has 0 saturated carbocycles. The Hall–Kier alpha value is -2.53. The fraction of sp³-hybridized carbons (Fsp3) is 0.250. The zero-order valence-electron chi connectivity index (χ0n) is 15.0. The number of carbonyl (C=O) groups is 1. The second kappa shape index (κ2) is 9.25. The number of carbonyl (C=O) groups excluding carboxylic acids is 1. The molecular formula is C20H21ClFNO3. The van der Waals surface area contributed by atoms with E-state index in [1.807, 2.05) is 6.92 Å². The number of benzene rings is 2. The summed E-state index contributed by atoms with van der Waals surface area (Å²) in [6.07, 6.45) is 3.04. The molecule has 2 rings (SSSR count). The molecule has 2 aromatic carbocycles. The highest BCUT2D eigenvalue weighted by atomic mass is 35.5. The third-order valence-electron chi connectivity index (χ3n) is 3.70. The van der Waals surface area contributed by atoms with Crippen LogP contribution in [-0.2, 0) is 11.3 Å². The van der Waals surface area contributed by atoms with E-state index in [9.17, 15) is 9.18 Å². The number of methoxy groups -OCH3 is 1. The van der Waals surface area contributed by atoms with Crippen molar-refractivity contribution in [1.29, 1.82) is 0 Å². The molecule has 0 saturated heterocycles. The first-order valence-corrected chi connectivity index (χ1v) is 8.51. The molecule has 0 spiro atoms. The van der Waals surface area contributed by atoms with Crippen LogP contribution in [0.25, 0.3) is 6.08 Å². The highest BCUT2D eigenvalue weighted by Crippen LogP contribution is 2.36. The molecule has 4 nitrogen and oxygen atoms in total. The van der Waals surface area contributed by atoms with Crippen LogP contribution in [0, 0.1) is 5.82 Å².